The molecule has 0 unspecified atom stereocenters. The van der Waals surface area contributed by atoms with E-state index in [0.717, 1.165) is 25.3 Å². The molecule has 1 aromatic carbocycles. The van der Waals surface area contributed by atoms with Gasteiger partial charge in [0.05, 0.1) is 6.61 Å². The predicted octanol–water partition coefficient (Wildman–Crippen LogP) is 2.29. The van der Waals surface area contributed by atoms with E-state index in [1.807, 2.05) is 7.05 Å². The van der Waals surface area contributed by atoms with Crippen molar-refractivity contribution in [1.29, 1.82) is 0 Å². The zero-order chi connectivity index (χ0) is 10.4. The predicted molar refractivity (Wildman–Crippen MR) is 60.0 cm³/mol. The van der Waals surface area contributed by atoms with E-state index in [-0.39, 0.29) is 0 Å². The van der Waals surface area contributed by atoms with E-state index in [9.17, 15) is 0 Å². The lowest BCUT2D eigenvalue weighted by atomic mass is 10.1. The van der Waals surface area contributed by atoms with Gasteiger partial charge in [-0.05, 0) is 45.0 Å². The minimum absolute atomic E-state index is 0.784. The third-order valence-corrected chi connectivity index (χ3v) is 2.23. The van der Waals surface area contributed by atoms with Crippen LogP contribution in [0.15, 0.2) is 18.2 Å². The highest BCUT2D eigenvalue weighted by molar-refractivity contribution is 5.39. The molecular weight excluding hydrogens is 174 g/mol. The average molecular weight is 193 g/mol. The molecule has 14 heavy (non-hydrogen) atoms. The highest BCUT2D eigenvalue weighted by Gasteiger charge is 2.01. The fourth-order valence-corrected chi connectivity index (χ4v) is 1.45. The van der Waals surface area contributed by atoms with E-state index in [4.69, 9.17) is 4.74 Å². The van der Waals surface area contributed by atoms with E-state index in [1.54, 1.807) is 0 Å². The monoisotopic (exact) mass is 193 g/mol. The Balaban J connectivity index is 2.49. The number of nitrogens with one attached hydrogen (secondary N) is 1. The first-order chi connectivity index (χ1) is 6.75. The lowest BCUT2D eigenvalue weighted by molar-refractivity contribution is 0.306. The Kier molecular flexibility index (Phi) is 4.47. The lowest BCUT2D eigenvalue weighted by Gasteiger charge is -2.11. The number of hydrogen-bond acceptors (Lipinski definition) is 2. The number of para-hydroxylation sites is 1. The Bertz CT molecular complexity index is 263. The highest BCUT2D eigenvalue weighted by atomic mass is 16.5. The first-order valence-corrected chi connectivity index (χ1v) is 5.09. The number of hydrogen-bond donors (Lipinski definition) is 1. The normalized spacial score (nSPS) is 10.2. The number of aryl methyl sites for hydroxylation is 2. The van der Waals surface area contributed by atoms with Crippen LogP contribution in [0.3, 0.4) is 0 Å². The zero-order valence-electron chi connectivity index (χ0n) is 9.26. The van der Waals surface area contributed by atoms with Gasteiger partial charge in [0.1, 0.15) is 5.75 Å². The van der Waals surface area contributed by atoms with E-state index < -0.39 is 0 Å². The average Bonchev–Trinajstić information content (AvgIpc) is 2.16. The summed E-state index contributed by atoms with van der Waals surface area (Å²) < 4.78 is 5.73. The van der Waals surface area contributed by atoms with Crippen molar-refractivity contribution in [1.82, 2.24) is 5.32 Å². The molecule has 2 nitrogen and oxygen atoms in total. The number of ether oxygens (including phenoxy) is 1. The van der Waals surface area contributed by atoms with Crippen LogP contribution in [-0.4, -0.2) is 20.2 Å². The zero-order valence-corrected chi connectivity index (χ0v) is 9.26. The van der Waals surface area contributed by atoms with Crippen molar-refractivity contribution >= 4 is 0 Å². The standard InChI is InChI=1S/C12H19NO/c1-10-6-4-7-11(2)12(10)14-9-5-8-13-3/h4,6-7,13H,5,8-9H2,1-3H3. The SMILES string of the molecule is CNCCCOc1c(C)cccc1C. The molecule has 0 bridgehead atoms. The van der Waals surface area contributed by atoms with Crippen molar-refractivity contribution in [2.75, 3.05) is 20.2 Å². The van der Waals surface area contributed by atoms with Gasteiger partial charge in [-0.25, -0.2) is 0 Å². The molecule has 0 amide bonds. The van der Waals surface area contributed by atoms with Gasteiger partial charge in [-0.3, -0.25) is 0 Å². The molecule has 0 saturated heterocycles. The van der Waals surface area contributed by atoms with Crippen LogP contribution in [0.4, 0.5) is 0 Å². The van der Waals surface area contributed by atoms with E-state index in [2.05, 4.69) is 37.4 Å². The van der Waals surface area contributed by atoms with Crippen molar-refractivity contribution in [2.45, 2.75) is 20.3 Å². The van der Waals surface area contributed by atoms with Crippen LogP contribution in [0.5, 0.6) is 5.75 Å². The molecule has 2 heteroatoms. The number of rotatable bonds is 5. The van der Waals surface area contributed by atoms with Gasteiger partial charge in [0, 0.05) is 0 Å². The number of benzene rings is 1. The van der Waals surface area contributed by atoms with Crippen LogP contribution in [0.2, 0.25) is 0 Å². The maximum Gasteiger partial charge on any atom is 0.125 e. The molecule has 0 aliphatic carbocycles. The lowest BCUT2D eigenvalue weighted by Crippen LogP contribution is -2.12. The molecule has 1 aromatic rings. The summed E-state index contributed by atoms with van der Waals surface area (Å²) in [7, 11) is 1.96. The van der Waals surface area contributed by atoms with Gasteiger partial charge in [0.2, 0.25) is 0 Å². The third-order valence-electron chi connectivity index (χ3n) is 2.23. The Labute approximate surface area is 86.3 Å². The Morgan fingerprint density at radius 2 is 1.86 bits per heavy atom. The first kappa shape index (κ1) is 11.1. The van der Waals surface area contributed by atoms with Crippen LogP contribution in [0.1, 0.15) is 17.5 Å². The molecule has 0 atom stereocenters. The largest absolute Gasteiger partial charge is 0.493 e. The summed E-state index contributed by atoms with van der Waals surface area (Å²) in [5.41, 5.74) is 2.43. The molecule has 0 saturated carbocycles. The van der Waals surface area contributed by atoms with Crippen molar-refractivity contribution in [3.8, 4) is 5.75 Å². The highest BCUT2D eigenvalue weighted by Crippen LogP contribution is 2.22. The maximum atomic E-state index is 5.73. The summed E-state index contributed by atoms with van der Waals surface area (Å²) in [5.74, 6) is 1.05. The third kappa shape index (κ3) is 3.04. The van der Waals surface area contributed by atoms with Gasteiger partial charge in [0.15, 0.2) is 0 Å². The van der Waals surface area contributed by atoms with Gasteiger partial charge in [-0.2, -0.15) is 0 Å². The summed E-state index contributed by atoms with van der Waals surface area (Å²) >= 11 is 0. The van der Waals surface area contributed by atoms with E-state index in [1.165, 1.54) is 11.1 Å². The topological polar surface area (TPSA) is 21.3 Å². The van der Waals surface area contributed by atoms with Gasteiger partial charge < -0.3 is 10.1 Å². The molecule has 0 heterocycles. The van der Waals surface area contributed by atoms with Gasteiger partial charge >= 0.3 is 0 Å². The molecule has 0 aromatic heterocycles. The maximum absolute atomic E-state index is 5.73. The second-order valence-corrected chi connectivity index (χ2v) is 3.53. The van der Waals surface area contributed by atoms with Crippen molar-refractivity contribution in [3.05, 3.63) is 29.3 Å². The minimum atomic E-state index is 0.784. The summed E-state index contributed by atoms with van der Waals surface area (Å²) in [6, 6.07) is 6.23. The molecule has 0 aliphatic heterocycles. The molecule has 0 radical (unpaired) electrons. The molecule has 1 rings (SSSR count). The second-order valence-electron chi connectivity index (χ2n) is 3.53. The molecule has 1 N–H and O–H groups in total. The van der Waals surface area contributed by atoms with Gasteiger partial charge in [0.25, 0.3) is 0 Å². The van der Waals surface area contributed by atoms with Crippen molar-refractivity contribution < 1.29 is 4.74 Å². The Morgan fingerprint density at radius 1 is 1.21 bits per heavy atom. The molecule has 0 aliphatic rings. The van der Waals surface area contributed by atoms with Gasteiger partial charge in [-0.1, -0.05) is 18.2 Å². The van der Waals surface area contributed by atoms with Crippen LogP contribution < -0.4 is 10.1 Å². The van der Waals surface area contributed by atoms with Crippen molar-refractivity contribution in [2.24, 2.45) is 0 Å². The van der Waals surface area contributed by atoms with Crippen LogP contribution in [0, 0.1) is 13.8 Å². The molecular formula is C12H19NO. The second kappa shape index (κ2) is 5.66. The molecule has 78 valence electrons. The smallest absolute Gasteiger partial charge is 0.125 e. The molecule has 0 spiro atoms. The van der Waals surface area contributed by atoms with Crippen LogP contribution in [0.25, 0.3) is 0 Å². The Morgan fingerprint density at radius 3 is 2.43 bits per heavy atom. The quantitative estimate of drug-likeness (QED) is 0.724. The van der Waals surface area contributed by atoms with Gasteiger partial charge in [-0.15, -0.1) is 0 Å². The summed E-state index contributed by atoms with van der Waals surface area (Å²) in [6.07, 6.45) is 1.05. The minimum Gasteiger partial charge on any atom is -0.493 e. The van der Waals surface area contributed by atoms with Crippen molar-refractivity contribution in [3.63, 3.8) is 0 Å². The Hall–Kier alpha value is -1.02. The van der Waals surface area contributed by atoms with E-state index in [0.29, 0.717) is 0 Å². The van der Waals surface area contributed by atoms with Crippen LogP contribution in [-0.2, 0) is 0 Å². The fourth-order valence-electron chi connectivity index (χ4n) is 1.45. The summed E-state index contributed by atoms with van der Waals surface area (Å²) in [4.78, 5) is 0. The van der Waals surface area contributed by atoms with E-state index >= 15 is 0 Å². The molecule has 0 fully saturated rings. The summed E-state index contributed by atoms with van der Waals surface area (Å²) in [6.45, 7) is 5.96. The van der Waals surface area contributed by atoms with Crippen LogP contribution >= 0.6 is 0 Å². The summed E-state index contributed by atoms with van der Waals surface area (Å²) in [5, 5.41) is 3.10. The first-order valence-electron chi connectivity index (χ1n) is 5.09. The fraction of sp³-hybridized carbons (Fsp3) is 0.500.